The summed E-state index contributed by atoms with van der Waals surface area (Å²) in [6, 6.07) is 6.78. The molecule has 0 atom stereocenters. The Kier molecular flexibility index (Phi) is 5.35. The lowest BCUT2D eigenvalue weighted by atomic mass is 10.2. The van der Waals surface area contributed by atoms with E-state index < -0.39 is 0 Å². The maximum absolute atomic E-state index is 13.7. The quantitative estimate of drug-likeness (QED) is 0.833. The van der Waals surface area contributed by atoms with Crippen molar-refractivity contribution in [1.82, 2.24) is 4.90 Å². The number of nitrogens with zero attached hydrogens (tertiary/aromatic N) is 2. The molecule has 1 aliphatic heterocycles. The Bertz CT molecular complexity index is 444. The van der Waals surface area contributed by atoms with Crippen molar-refractivity contribution in [3.63, 3.8) is 0 Å². The minimum Gasteiger partial charge on any atom is -0.366 e. The van der Waals surface area contributed by atoms with Crippen molar-refractivity contribution in [3.05, 3.63) is 30.1 Å². The molecule has 1 aromatic rings. The first kappa shape index (κ1) is 14.8. The standard InChI is InChI=1S/C15H22FN3O/c16-13-5-1-2-6-14(13)18-9-11-19(12-10-18)15(20)7-3-4-8-17/h1-2,5-6H,3-4,7-12,17H2. The van der Waals surface area contributed by atoms with Crippen LogP contribution >= 0.6 is 0 Å². The van der Waals surface area contributed by atoms with Crippen molar-refractivity contribution in [1.29, 1.82) is 0 Å². The van der Waals surface area contributed by atoms with Crippen LogP contribution in [0.5, 0.6) is 0 Å². The van der Waals surface area contributed by atoms with Crippen LogP contribution in [0.4, 0.5) is 10.1 Å². The molecule has 0 aliphatic carbocycles. The Labute approximate surface area is 119 Å². The number of unbranched alkanes of at least 4 members (excludes halogenated alkanes) is 1. The molecule has 4 nitrogen and oxygen atoms in total. The van der Waals surface area contributed by atoms with Crippen LogP contribution in [-0.4, -0.2) is 43.5 Å². The van der Waals surface area contributed by atoms with E-state index in [0.717, 1.165) is 12.8 Å². The van der Waals surface area contributed by atoms with Crippen molar-refractivity contribution in [2.45, 2.75) is 19.3 Å². The van der Waals surface area contributed by atoms with Gasteiger partial charge in [-0.1, -0.05) is 12.1 Å². The summed E-state index contributed by atoms with van der Waals surface area (Å²) in [5.41, 5.74) is 6.05. The molecule has 1 amide bonds. The summed E-state index contributed by atoms with van der Waals surface area (Å²) < 4.78 is 13.7. The number of carbonyl (C=O) groups excluding carboxylic acids is 1. The number of anilines is 1. The second-order valence-corrected chi connectivity index (χ2v) is 5.07. The Balaban J connectivity index is 1.83. The lowest BCUT2D eigenvalue weighted by Crippen LogP contribution is -2.49. The third-order valence-electron chi connectivity index (χ3n) is 3.67. The van der Waals surface area contributed by atoms with Crippen LogP contribution in [0.1, 0.15) is 19.3 Å². The fourth-order valence-corrected chi connectivity index (χ4v) is 2.48. The number of hydrogen-bond acceptors (Lipinski definition) is 3. The lowest BCUT2D eigenvalue weighted by Gasteiger charge is -2.36. The van der Waals surface area contributed by atoms with Crippen molar-refractivity contribution in [2.24, 2.45) is 5.73 Å². The summed E-state index contributed by atoms with van der Waals surface area (Å²) >= 11 is 0. The van der Waals surface area contributed by atoms with Crippen LogP contribution in [0, 0.1) is 5.82 Å². The first-order valence-electron chi connectivity index (χ1n) is 7.19. The number of piperazine rings is 1. The van der Waals surface area contributed by atoms with E-state index in [1.807, 2.05) is 15.9 Å². The molecule has 1 heterocycles. The summed E-state index contributed by atoms with van der Waals surface area (Å²) in [7, 11) is 0. The fourth-order valence-electron chi connectivity index (χ4n) is 2.48. The zero-order valence-electron chi connectivity index (χ0n) is 11.7. The number of benzene rings is 1. The van der Waals surface area contributed by atoms with Crippen LogP contribution in [0.2, 0.25) is 0 Å². The van der Waals surface area contributed by atoms with Crippen LogP contribution in [0.25, 0.3) is 0 Å². The number of carbonyl (C=O) groups is 1. The smallest absolute Gasteiger partial charge is 0.222 e. The predicted molar refractivity (Wildman–Crippen MR) is 78.1 cm³/mol. The topological polar surface area (TPSA) is 49.6 Å². The average molecular weight is 279 g/mol. The molecule has 0 spiro atoms. The summed E-state index contributed by atoms with van der Waals surface area (Å²) in [5.74, 6) is -0.0122. The molecule has 1 aromatic carbocycles. The molecule has 1 fully saturated rings. The van der Waals surface area contributed by atoms with Gasteiger partial charge < -0.3 is 15.5 Å². The van der Waals surface area contributed by atoms with Gasteiger partial charge in [0.15, 0.2) is 0 Å². The van der Waals surface area contributed by atoms with E-state index in [1.54, 1.807) is 12.1 Å². The van der Waals surface area contributed by atoms with Gasteiger partial charge in [-0.3, -0.25) is 4.79 Å². The summed E-state index contributed by atoms with van der Waals surface area (Å²) in [6.45, 7) is 3.33. The largest absolute Gasteiger partial charge is 0.366 e. The van der Waals surface area contributed by atoms with E-state index in [9.17, 15) is 9.18 Å². The van der Waals surface area contributed by atoms with Crippen molar-refractivity contribution in [2.75, 3.05) is 37.6 Å². The van der Waals surface area contributed by atoms with Crippen molar-refractivity contribution in [3.8, 4) is 0 Å². The van der Waals surface area contributed by atoms with Crippen LogP contribution in [0.15, 0.2) is 24.3 Å². The molecule has 1 saturated heterocycles. The van der Waals surface area contributed by atoms with Crippen LogP contribution in [0.3, 0.4) is 0 Å². The summed E-state index contributed by atoms with van der Waals surface area (Å²) in [5, 5.41) is 0. The monoisotopic (exact) mass is 279 g/mol. The maximum atomic E-state index is 13.7. The van der Waals surface area contributed by atoms with Gasteiger partial charge in [-0.15, -0.1) is 0 Å². The molecule has 1 aliphatic rings. The second-order valence-electron chi connectivity index (χ2n) is 5.07. The third kappa shape index (κ3) is 3.70. The van der Waals surface area contributed by atoms with E-state index in [0.29, 0.717) is 44.8 Å². The molecule has 2 N–H and O–H groups in total. The van der Waals surface area contributed by atoms with E-state index in [1.165, 1.54) is 6.07 Å². The highest BCUT2D eigenvalue weighted by molar-refractivity contribution is 5.76. The molecule has 2 rings (SSSR count). The van der Waals surface area contributed by atoms with E-state index >= 15 is 0 Å². The van der Waals surface area contributed by atoms with Gasteiger partial charge in [0, 0.05) is 32.6 Å². The second kappa shape index (κ2) is 7.24. The predicted octanol–water partition coefficient (Wildman–Crippen LogP) is 1.60. The van der Waals surface area contributed by atoms with Gasteiger partial charge in [0.2, 0.25) is 5.91 Å². The zero-order valence-corrected chi connectivity index (χ0v) is 11.7. The maximum Gasteiger partial charge on any atom is 0.222 e. The minimum atomic E-state index is -0.199. The van der Waals surface area contributed by atoms with Gasteiger partial charge in [-0.2, -0.15) is 0 Å². The molecule has 0 saturated carbocycles. The number of halogens is 1. The van der Waals surface area contributed by atoms with Gasteiger partial charge in [0.25, 0.3) is 0 Å². The molecule has 5 heteroatoms. The average Bonchev–Trinajstić information content (AvgIpc) is 2.48. The number of amides is 1. The van der Waals surface area contributed by atoms with Gasteiger partial charge >= 0.3 is 0 Å². The Morgan fingerprint density at radius 1 is 1.15 bits per heavy atom. The lowest BCUT2D eigenvalue weighted by molar-refractivity contribution is -0.131. The van der Waals surface area contributed by atoms with Crippen molar-refractivity contribution < 1.29 is 9.18 Å². The van der Waals surface area contributed by atoms with E-state index in [4.69, 9.17) is 5.73 Å². The Morgan fingerprint density at radius 3 is 2.50 bits per heavy atom. The van der Waals surface area contributed by atoms with Crippen LogP contribution in [-0.2, 0) is 4.79 Å². The Morgan fingerprint density at radius 2 is 1.85 bits per heavy atom. The number of nitrogens with two attached hydrogens (primary N) is 1. The minimum absolute atomic E-state index is 0.187. The summed E-state index contributed by atoms with van der Waals surface area (Å²) in [4.78, 5) is 15.8. The highest BCUT2D eigenvalue weighted by Gasteiger charge is 2.22. The van der Waals surface area contributed by atoms with Gasteiger partial charge in [0.1, 0.15) is 5.82 Å². The molecule has 0 radical (unpaired) electrons. The summed E-state index contributed by atoms with van der Waals surface area (Å²) in [6.07, 6.45) is 2.31. The zero-order chi connectivity index (χ0) is 14.4. The molecule has 0 bridgehead atoms. The highest BCUT2D eigenvalue weighted by atomic mass is 19.1. The first-order chi connectivity index (χ1) is 9.72. The van der Waals surface area contributed by atoms with Crippen molar-refractivity contribution >= 4 is 11.6 Å². The van der Waals surface area contributed by atoms with Gasteiger partial charge in [-0.25, -0.2) is 4.39 Å². The van der Waals surface area contributed by atoms with Crippen LogP contribution < -0.4 is 10.6 Å². The van der Waals surface area contributed by atoms with E-state index in [-0.39, 0.29) is 11.7 Å². The first-order valence-corrected chi connectivity index (χ1v) is 7.19. The fraction of sp³-hybridized carbons (Fsp3) is 0.533. The number of rotatable bonds is 5. The van der Waals surface area contributed by atoms with E-state index in [2.05, 4.69) is 0 Å². The molecule has 20 heavy (non-hydrogen) atoms. The van der Waals surface area contributed by atoms with Gasteiger partial charge in [-0.05, 0) is 31.5 Å². The number of para-hydroxylation sites is 1. The molecule has 0 unspecified atom stereocenters. The Hall–Kier alpha value is -1.62. The molecular formula is C15H22FN3O. The van der Waals surface area contributed by atoms with Gasteiger partial charge in [0.05, 0.1) is 5.69 Å². The molecule has 0 aromatic heterocycles. The number of hydrogen-bond donors (Lipinski definition) is 1. The third-order valence-corrected chi connectivity index (χ3v) is 3.67. The molecule has 110 valence electrons. The normalized spacial score (nSPS) is 15.5. The highest BCUT2D eigenvalue weighted by Crippen LogP contribution is 2.20. The molecular weight excluding hydrogens is 257 g/mol. The SMILES string of the molecule is NCCCCC(=O)N1CCN(c2ccccc2F)CC1.